The molecule has 0 radical (unpaired) electrons. The lowest BCUT2D eigenvalue weighted by atomic mass is 10.0. The summed E-state index contributed by atoms with van der Waals surface area (Å²) >= 11 is 0. The lowest BCUT2D eigenvalue weighted by Crippen LogP contribution is -1.90. The Hall–Kier alpha value is -2.36. The summed E-state index contributed by atoms with van der Waals surface area (Å²) in [5.74, 6) is -1.90. The van der Waals surface area contributed by atoms with Crippen LogP contribution in [0.4, 0.5) is 0 Å². The Morgan fingerprint density at radius 1 is 0.765 bits per heavy atom. The zero-order valence-corrected chi connectivity index (χ0v) is 8.96. The molecule has 4 N–H and O–H groups in total. The van der Waals surface area contributed by atoms with E-state index in [1.165, 1.54) is 0 Å². The third-order valence-electron chi connectivity index (χ3n) is 2.56. The average Bonchev–Trinajstić information content (AvgIpc) is 2.33. The molecule has 88 valence electrons. The zero-order chi connectivity index (χ0) is 12.4. The van der Waals surface area contributed by atoms with Crippen molar-refractivity contribution in [2.75, 3.05) is 0 Å². The van der Waals surface area contributed by atoms with Gasteiger partial charge in [-0.05, 0) is 5.56 Å². The topological polar surface area (TPSA) is 80.9 Å². The lowest BCUT2D eigenvalue weighted by Gasteiger charge is -2.10. The number of phenolic OH excluding ortho intramolecular Hbond substituents is 4. The first-order valence-electron chi connectivity index (χ1n) is 5.09. The van der Waals surface area contributed by atoms with Crippen LogP contribution in [-0.2, 0) is 6.42 Å². The maximum absolute atomic E-state index is 9.65. The molecule has 0 saturated carbocycles. The van der Waals surface area contributed by atoms with Crippen LogP contribution in [0.5, 0.6) is 23.0 Å². The van der Waals surface area contributed by atoms with E-state index in [-0.39, 0.29) is 17.7 Å². The molecule has 0 unspecified atom stereocenters. The predicted octanol–water partition coefficient (Wildman–Crippen LogP) is 2.10. The summed E-state index contributed by atoms with van der Waals surface area (Å²) in [5.41, 5.74) is 1.06. The number of aromatic hydroxyl groups is 4. The second-order valence-corrected chi connectivity index (χ2v) is 3.75. The third kappa shape index (κ3) is 2.10. The fourth-order valence-electron chi connectivity index (χ4n) is 1.64. The molecule has 0 spiro atoms. The number of benzene rings is 2. The molecular weight excluding hydrogens is 220 g/mol. The van der Waals surface area contributed by atoms with Crippen LogP contribution < -0.4 is 0 Å². The average molecular weight is 232 g/mol. The number of rotatable bonds is 2. The van der Waals surface area contributed by atoms with Gasteiger partial charge >= 0.3 is 0 Å². The molecule has 0 aliphatic rings. The first kappa shape index (κ1) is 11.1. The van der Waals surface area contributed by atoms with E-state index in [1.807, 2.05) is 30.3 Å². The van der Waals surface area contributed by atoms with Gasteiger partial charge in [0.1, 0.15) is 5.75 Å². The standard InChI is InChI=1S/C13H12O4/c14-10-7-11(15)13(17)12(16)9(10)6-8-4-2-1-3-5-8/h1-5,7,14-17H,6H2. The van der Waals surface area contributed by atoms with E-state index in [2.05, 4.69) is 0 Å². The number of hydrogen-bond donors (Lipinski definition) is 4. The Bertz CT molecular complexity index is 535. The van der Waals surface area contributed by atoms with Crippen molar-refractivity contribution in [3.63, 3.8) is 0 Å². The van der Waals surface area contributed by atoms with E-state index in [9.17, 15) is 20.4 Å². The fraction of sp³-hybridized carbons (Fsp3) is 0.0769. The Morgan fingerprint density at radius 3 is 2.06 bits per heavy atom. The second-order valence-electron chi connectivity index (χ2n) is 3.75. The Kier molecular flexibility index (Phi) is 2.78. The highest BCUT2D eigenvalue weighted by Gasteiger charge is 2.16. The normalized spacial score (nSPS) is 10.4. The fourth-order valence-corrected chi connectivity index (χ4v) is 1.64. The third-order valence-corrected chi connectivity index (χ3v) is 2.56. The van der Waals surface area contributed by atoms with E-state index in [4.69, 9.17) is 0 Å². The molecule has 0 aliphatic heterocycles. The lowest BCUT2D eigenvalue weighted by molar-refractivity contribution is 0.357. The molecule has 4 heteroatoms. The molecule has 0 atom stereocenters. The second kappa shape index (κ2) is 4.25. The van der Waals surface area contributed by atoms with Crippen molar-refractivity contribution in [3.8, 4) is 23.0 Å². The van der Waals surface area contributed by atoms with Crippen LogP contribution in [0.3, 0.4) is 0 Å². The van der Waals surface area contributed by atoms with Gasteiger partial charge in [0, 0.05) is 18.1 Å². The summed E-state index contributed by atoms with van der Waals surface area (Å²) in [4.78, 5) is 0. The van der Waals surface area contributed by atoms with Gasteiger partial charge in [0.05, 0.1) is 0 Å². The van der Waals surface area contributed by atoms with Gasteiger partial charge in [0.2, 0.25) is 5.75 Å². The van der Waals surface area contributed by atoms with Gasteiger partial charge in [-0.2, -0.15) is 0 Å². The molecule has 0 heterocycles. The predicted molar refractivity (Wildman–Crippen MR) is 62.3 cm³/mol. The summed E-state index contributed by atoms with van der Waals surface area (Å²) in [7, 11) is 0. The first-order valence-corrected chi connectivity index (χ1v) is 5.09. The summed E-state index contributed by atoms with van der Waals surface area (Å²) in [6, 6.07) is 10.2. The van der Waals surface area contributed by atoms with Crippen LogP contribution in [0.2, 0.25) is 0 Å². The van der Waals surface area contributed by atoms with Crippen molar-refractivity contribution in [2.45, 2.75) is 6.42 Å². The van der Waals surface area contributed by atoms with E-state index >= 15 is 0 Å². The van der Waals surface area contributed by atoms with E-state index in [1.54, 1.807) is 0 Å². The van der Waals surface area contributed by atoms with Crippen LogP contribution in [0.25, 0.3) is 0 Å². The van der Waals surface area contributed by atoms with Gasteiger partial charge in [0.25, 0.3) is 0 Å². The molecule has 0 bridgehead atoms. The van der Waals surface area contributed by atoms with Gasteiger partial charge in [-0.25, -0.2) is 0 Å². The van der Waals surface area contributed by atoms with Gasteiger partial charge in [-0.1, -0.05) is 30.3 Å². The zero-order valence-electron chi connectivity index (χ0n) is 8.96. The Balaban J connectivity index is 2.43. The van der Waals surface area contributed by atoms with Crippen molar-refractivity contribution >= 4 is 0 Å². The van der Waals surface area contributed by atoms with Gasteiger partial charge in [-0.15, -0.1) is 0 Å². The first-order chi connectivity index (χ1) is 8.09. The van der Waals surface area contributed by atoms with Crippen LogP contribution in [0, 0.1) is 0 Å². The molecule has 2 aromatic carbocycles. The van der Waals surface area contributed by atoms with Crippen molar-refractivity contribution in [2.24, 2.45) is 0 Å². The van der Waals surface area contributed by atoms with Crippen molar-refractivity contribution in [1.82, 2.24) is 0 Å². The number of hydrogen-bond acceptors (Lipinski definition) is 4. The van der Waals surface area contributed by atoms with Gasteiger partial charge < -0.3 is 20.4 Å². The summed E-state index contributed by atoms with van der Waals surface area (Å²) in [6.45, 7) is 0. The molecule has 4 nitrogen and oxygen atoms in total. The molecule has 0 saturated heterocycles. The smallest absolute Gasteiger partial charge is 0.200 e. The highest BCUT2D eigenvalue weighted by molar-refractivity contribution is 5.60. The summed E-state index contributed by atoms with van der Waals surface area (Å²) < 4.78 is 0. The van der Waals surface area contributed by atoms with Crippen LogP contribution in [0.15, 0.2) is 36.4 Å². The molecule has 0 aromatic heterocycles. The number of phenols is 4. The Morgan fingerprint density at radius 2 is 1.41 bits per heavy atom. The molecular formula is C13H12O4. The monoisotopic (exact) mass is 232 g/mol. The van der Waals surface area contributed by atoms with Crippen LogP contribution in [-0.4, -0.2) is 20.4 Å². The molecule has 0 amide bonds. The highest BCUT2D eigenvalue weighted by atomic mass is 16.3. The summed E-state index contributed by atoms with van der Waals surface area (Å²) in [6.07, 6.45) is 0.270. The maximum Gasteiger partial charge on any atom is 0.200 e. The largest absolute Gasteiger partial charge is 0.507 e. The maximum atomic E-state index is 9.65. The van der Waals surface area contributed by atoms with Crippen LogP contribution >= 0.6 is 0 Å². The molecule has 0 fully saturated rings. The molecule has 2 rings (SSSR count). The molecule has 2 aromatic rings. The van der Waals surface area contributed by atoms with Gasteiger partial charge in [0.15, 0.2) is 11.5 Å². The van der Waals surface area contributed by atoms with E-state index < -0.39 is 17.2 Å². The van der Waals surface area contributed by atoms with Gasteiger partial charge in [-0.3, -0.25) is 0 Å². The van der Waals surface area contributed by atoms with Crippen molar-refractivity contribution in [1.29, 1.82) is 0 Å². The summed E-state index contributed by atoms with van der Waals surface area (Å²) in [5, 5.41) is 37.9. The van der Waals surface area contributed by atoms with Crippen molar-refractivity contribution in [3.05, 3.63) is 47.5 Å². The minimum Gasteiger partial charge on any atom is -0.507 e. The quantitative estimate of drug-likeness (QED) is 0.472. The minimum atomic E-state index is -0.617. The van der Waals surface area contributed by atoms with Crippen molar-refractivity contribution < 1.29 is 20.4 Å². The minimum absolute atomic E-state index is 0.187. The van der Waals surface area contributed by atoms with E-state index in [0.29, 0.717) is 0 Å². The molecule has 0 aliphatic carbocycles. The van der Waals surface area contributed by atoms with E-state index in [0.717, 1.165) is 11.6 Å². The van der Waals surface area contributed by atoms with Crippen LogP contribution in [0.1, 0.15) is 11.1 Å². The highest BCUT2D eigenvalue weighted by Crippen LogP contribution is 2.43. The SMILES string of the molecule is Oc1cc(O)c(Cc2ccccc2)c(O)c1O. The Labute approximate surface area is 98.0 Å². The molecule has 17 heavy (non-hydrogen) atoms.